The molecule has 0 aliphatic rings. The highest BCUT2D eigenvalue weighted by Crippen LogP contribution is 2.22. The van der Waals surface area contributed by atoms with Gasteiger partial charge in [0.15, 0.2) is 0 Å². The molecule has 24 heavy (non-hydrogen) atoms. The second-order valence-electron chi connectivity index (χ2n) is 5.50. The summed E-state index contributed by atoms with van der Waals surface area (Å²) in [7, 11) is 0. The molecule has 124 valence electrons. The second-order valence-corrected chi connectivity index (χ2v) is 5.50. The molecule has 3 rings (SSSR count). The summed E-state index contributed by atoms with van der Waals surface area (Å²) in [6.07, 6.45) is 1.57. The third-order valence-electron chi connectivity index (χ3n) is 3.65. The topological polar surface area (TPSA) is 94.3 Å². The molecule has 0 bridgehead atoms. The van der Waals surface area contributed by atoms with Gasteiger partial charge in [0.1, 0.15) is 17.8 Å². The van der Waals surface area contributed by atoms with Crippen molar-refractivity contribution in [2.45, 2.75) is 26.4 Å². The van der Waals surface area contributed by atoms with Crippen molar-refractivity contribution in [1.29, 1.82) is 0 Å². The predicted molar refractivity (Wildman–Crippen MR) is 87.3 cm³/mol. The number of hydrogen-bond acceptors (Lipinski definition) is 6. The van der Waals surface area contributed by atoms with Crippen LogP contribution in [0.2, 0.25) is 0 Å². The number of furan rings is 1. The normalized spacial score (nSPS) is 12.2. The molecule has 2 aromatic heterocycles. The molecule has 0 aliphatic carbocycles. The molecule has 1 aromatic carbocycles. The van der Waals surface area contributed by atoms with E-state index in [9.17, 15) is 10.1 Å². The number of nitrogens with zero attached hydrogens (tertiary/aromatic N) is 2. The Morgan fingerprint density at radius 2 is 2.00 bits per heavy atom. The van der Waals surface area contributed by atoms with E-state index in [1.165, 1.54) is 12.1 Å². The maximum absolute atomic E-state index is 10.7. The van der Waals surface area contributed by atoms with Crippen LogP contribution in [-0.4, -0.2) is 9.91 Å². The van der Waals surface area contributed by atoms with Crippen LogP contribution < -0.4 is 5.32 Å². The summed E-state index contributed by atoms with van der Waals surface area (Å²) in [6, 6.07) is 10.0. The monoisotopic (exact) mass is 327 g/mol. The molecule has 0 saturated carbocycles. The summed E-state index contributed by atoms with van der Waals surface area (Å²) in [6.45, 7) is 4.44. The van der Waals surface area contributed by atoms with Crippen molar-refractivity contribution in [1.82, 2.24) is 10.3 Å². The lowest BCUT2D eigenvalue weighted by Gasteiger charge is -2.09. The number of aryl methyl sites for hydroxylation is 1. The first-order valence-corrected chi connectivity index (χ1v) is 7.52. The third-order valence-corrected chi connectivity index (χ3v) is 3.65. The smallest absolute Gasteiger partial charge is 0.269 e. The number of rotatable bonds is 6. The van der Waals surface area contributed by atoms with E-state index in [-0.39, 0.29) is 11.7 Å². The zero-order valence-corrected chi connectivity index (χ0v) is 13.4. The van der Waals surface area contributed by atoms with Gasteiger partial charge < -0.3 is 14.2 Å². The Hall–Kier alpha value is -2.93. The number of nitrogens with one attached hydrogen (secondary N) is 1. The van der Waals surface area contributed by atoms with Gasteiger partial charge in [-0.05, 0) is 38.1 Å². The van der Waals surface area contributed by atoms with E-state index in [0.717, 1.165) is 17.2 Å². The molecule has 0 radical (unpaired) electrons. The molecule has 1 atom stereocenters. The van der Waals surface area contributed by atoms with Crippen LogP contribution >= 0.6 is 0 Å². The van der Waals surface area contributed by atoms with E-state index in [1.54, 1.807) is 18.4 Å². The zero-order valence-electron chi connectivity index (χ0n) is 13.4. The third kappa shape index (κ3) is 3.52. The molecular weight excluding hydrogens is 310 g/mol. The average molecular weight is 327 g/mol. The van der Waals surface area contributed by atoms with Crippen LogP contribution in [0.15, 0.2) is 51.5 Å². The van der Waals surface area contributed by atoms with Gasteiger partial charge >= 0.3 is 0 Å². The summed E-state index contributed by atoms with van der Waals surface area (Å²) in [5.41, 5.74) is 1.48. The lowest BCUT2D eigenvalue weighted by molar-refractivity contribution is -0.384. The van der Waals surface area contributed by atoms with E-state index >= 15 is 0 Å². The largest absolute Gasteiger partial charge is 0.465 e. The van der Waals surface area contributed by atoms with E-state index in [2.05, 4.69) is 10.3 Å². The van der Waals surface area contributed by atoms with Crippen molar-refractivity contribution < 1.29 is 13.8 Å². The molecule has 3 aromatic rings. The Morgan fingerprint density at radius 1 is 1.25 bits per heavy atom. The van der Waals surface area contributed by atoms with Crippen LogP contribution in [0.1, 0.15) is 30.2 Å². The molecule has 0 saturated heterocycles. The molecule has 0 unspecified atom stereocenters. The minimum Gasteiger partial charge on any atom is -0.465 e. The van der Waals surface area contributed by atoms with Crippen molar-refractivity contribution in [2.75, 3.05) is 0 Å². The van der Waals surface area contributed by atoms with Crippen LogP contribution in [0.25, 0.3) is 11.5 Å². The van der Waals surface area contributed by atoms with Crippen molar-refractivity contribution in [3.63, 3.8) is 0 Å². The van der Waals surface area contributed by atoms with Gasteiger partial charge in [-0.2, -0.15) is 0 Å². The SMILES string of the molecule is Cc1ccc([C@H](C)NCc2coc(-c3ccc([N+](=O)[O-])cc3)n2)o1. The molecule has 0 fully saturated rings. The van der Waals surface area contributed by atoms with Gasteiger partial charge in [-0.15, -0.1) is 0 Å². The van der Waals surface area contributed by atoms with Crippen molar-refractivity contribution in [2.24, 2.45) is 0 Å². The first-order chi connectivity index (χ1) is 11.5. The number of benzene rings is 1. The lowest BCUT2D eigenvalue weighted by atomic mass is 10.2. The average Bonchev–Trinajstić information content (AvgIpc) is 3.22. The van der Waals surface area contributed by atoms with Crippen LogP contribution in [-0.2, 0) is 6.54 Å². The molecule has 7 heteroatoms. The maximum atomic E-state index is 10.7. The van der Waals surface area contributed by atoms with E-state index in [0.29, 0.717) is 18.0 Å². The van der Waals surface area contributed by atoms with E-state index in [4.69, 9.17) is 8.83 Å². The fraction of sp³-hybridized carbons (Fsp3) is 0.235. The molecule has 2 heterocycles. The van der Waals surface area contributed by atoms with Gasteiger partial charge in [0.25, 0.3) is 5.69 Å². The molecule has 1 N–H and O–H groups in total. The van der Waals surface area contributed by atoms with Crippen LogP contribution in [0, 0.1) is 17.0 Å². The standard InChI is InChI=1S/C17H17N3O4/c1-11-3-8-16(24-11)12(2)18-9-14-10-23-17(19-14)13-4-6-15(7-5-13)20(21)22/h3-8,10,12,18H,9H2,1-2H3/t12-/m0/s1. The molecule has 0 aliphatic heterocycles. The molecular formula is C17H17N3O4. The van der Waals surface area contributed by atoms with Crippen LogP contribution in [0.3, 0.4) is 0 Å². The molecule has 7 nitrogen and oxygen atoms in total. The molecule has 0 amide bonds. The minimum absolute atomic E-state index is 0.0368. The number of oxazole rings is 1. The van der Waals surface area contributed by atoms with Crippen LogP contribution in [0.5, 0.6) is 0 Å². The van der Waals surface area contributed by atoms with E-state index in [1.807, 2.05) is 26.0 Å². The quantitative estimate of drug-likeness (QED) is 0.543. The minimum atomic E-state index is -0.438. The summed E-state index contributed by atoms with van der Waals surface area (Å²) in [4.78, 5) is 14.6. The number of non-ortho nitro benzene ring substituents is 1. The Kier molecular flexibility index (Phi) is 4.43. The Labute approximate surface area is 138 Å². The van der Waals surface area contributed by atoms with Gasteiger partial charge in [-0.3, -0.25) is 10.1 Å². The van der Waals surface area contributed by atoms with Gasteiger partial charge in [-0.1, -0.05) is 0 Å². The Morgan fingerprint density at radius 3 is 2.62 bits per heavy atom. The van der Waals surface area contributed by atoms with Gasteiger partial charge in [0.2, 0.25) is 5.89 Å². The maximum Gasteiger partial charge on any atom is 0.269 e. The lowest BCUT2D eigenvalue weighted by Crippen LogP contribution is -2.17. The highest BCUT2D eigenvalue weighted by molar-refractivity contribution is 5.55. The summed E-state index contributed by atoms with van der Waals surface area (Å²) < 4.78 is 11.0. The highest BCUT2D eigenvalue weighted by Gasteiger charge is 2.12. The van der Waals surface area contributed by atoms with Gasteiger partial charge in [-0.25, -0.2) is 4.98 Å². The van der Waals surface area contributed by atoms with Gasteiger partial charge in [0.05, 0.1) is 16.7 Å². The first kappa shape index (κ1) is 15.9. The number of nitro groups is 1. The summed E-state index contributed by atoms with van der Waals surface area (Å²) in [5, 5.41) is 14.0. The predicted octanol–water partition coefficient (Wildman–Crippen LogP) is 4.00. The fourth-order valence-corrected chi connectivity index (χ4v) is 2.29. The number of aromatic nitrogens is 1. The number of nitro benzene ring substituents is 1. The number of hydrogen-bond donors (Lipinski definition) is 1. The van der Waals surface area contributed by atoms with Gasteiger partial charge in [0, 0.05) is 24.2 Å². The first-order valence-electron chi connectivity index (χ1n) is 7.52. The zero-order chi connectivity index (χ0) is 17.1. The van der Waals surface area contributed by atoms with E-state index < -0.39 is 4.92 Å². The fourth-order valence-electron chi connectivity index (χ4n) is 2.29. The van der Waals surface area contributed by atoms with Crippen molar-refractivity contribution >= 4 is 5.69 Å². The Balaban J connectivity index is 1.64. The summed E-state index contributed by atoms with van der Waals surface area (Å²) in [5.74, 6) is 2.18. The second kappa shape index (κ2) is 6.67. The van der Waals surface area contributed by atoms with Crippen molar-refractivity contribution in [3.05, 3.63) is 70.0 Å². The van der Waals surface area contributed by atoms with Crippen LogP contribution in [0.4, 0.5) is 5.69 Å². The highest BCUT2D eigenvalue weighted by atomic mass is 16.6. The molecule has 0 spiro atoms. The summed E-state index contributed by atoms with van der Waals surface area (Å²) >= 11 is 0. The van der Waals surface area contributed by atoms with Crippen molar-refractivity contribution in [3.8, 4) is 11.5 Å². The Bertz CT molecular complexity index is 836.